The third kappa shape index (κ3) is 2.45. The Morgan fingerprint density at radius 2 is 1.94 bits per heavy atom. The van der Waals surface area contributed by atoms with Gasteiger partial charge < -0.3 is 10.2 Å². The van der Waals surface area contributed by atoms with Gasteiger partial charge in [-0.05, 0) is 5.39 Å². The van der Waals surface area contributed by atoms with Crippen LogP contribution in [0.3, 0.4) is 0 Å². The van der Waals surface area contributed by atoms with Gasteiger partial charge in [0.1, 0.15) is 5.75 Å². The summed E-state index contributed by atoms with van der Waals surface area (Å²) in [4.78, 5) is 10.4. The number of rotatable bonds is 3. The quantitative estimate of drug-likeness (QED) is 0.848. The van der Waals surface area contributed by atoms with Crippen LogP contribution in [0.2, 0.25) is 0 Å². The number of aliphatic carboxylic acids is 1. The summed E-state index contributed by atoms with van der Waals surface area (Å²) in [5.74, 6) is -0.703. The fourth-order valence-corrected chi connectivity index (χ4v) is 1.69. The molecule has 2 rings (SSSR count). The second-order valence-corrected chi connectivity index (χ2v) is 3.72. The Bertz CT molecular complexity index is 585. The van der Waals surface area contributed by atoms with Gasteiger partial charge in [-0.3, -0.25) is 4.79 Å². The normalized spacial score (nSPS) is 11.1. The maximum atomic E-state index is 10.4. The number of carbonyl (C=O) groups is 1. The molecule has 0 bridgehead atoms. The van der Waals surface area contributed by atoms with Gasteiger partial charge in [0, 0.05) is 10.9 Å². The molecule has 0 aliphatic carbocycles. The Kier molecular flexibility index (Phi) is 3.10. The first-order valence-corrected chi connectivity index (χ1v) is 5.27. The van der Waals surface area contributed by atoms with Crippen LogP contribution in [-0.4, -0.2) is 16.2 Å². The van der Waals surface area contributed by atoms with Crippen LogP contribution in [0.4, 0.5) is 0 Å². The molecule has 0 aliphatic rings. The summed E-state index contributed by atoms with van der Waals surface area (Å²) in [7, 11) is 0. The summed E-state index contributed by atoms with van der Waals surface area (Å²) in [5, 5.41) is 20.3. The average Bonchev–Trinajstić information content (AvgIpc) is 2.32. The van der Waals surface area contributed by atoms with E-state index in [1.165, 1.54) is 6.08 Å². The molecule has 0 radical (unpaired) electrons. The lowest BCUT2D eigenvalue weighted by molar-refractivity contribution is -0.135. The molecule has 0 atom stereocenters. The third-order valence-corrected chi connectivity index (χ3v) is 2.52. The number of hydrogen-bond donors (Lipinski definition) is 2. The van der Waals surface area contributed by atoms with Gasteiger partial charge in [0.25, 0.3) is 0 Å². The van der Waals surface area contributed by atoms with Crippen LogP contribution in [0.15, 0.2) is 42.5 Å². The molecule has 2 aromatic rings. The van der Waals surface area contributed by atoms with Crippen molar-refractivity contribution >= 4 is 22.8 Å². The molecule has 0 spiro atoms. The minimum atomic E-state index is -0.887. The lowest BCUT2D eigenvalue weighted by Crippen LogP contribution is -1.89. The Balaban J connectivity index is 2.39. The molecule has 2 N–H and O–H groups in total. The first kappa shape index (κ1) is 11.2. The molecule has 0 fully saturated rings. The number of fused-ring (bicyclic) bond motifs is 1. The number of phenolic OH excluding ortho intramolecular Hbond substituents is 1. The predicted molar refractivity (Wildman–Crippen MR) is 66.9 cm³/mol. The van der Waals surface area contributed by atoms with Crippen LogP contribution >= 0.6 is 0 Å². The molecule has 0 heterocycles. The van der Waals surface area contributed by atoms with Crippen molar-refractivity contribution in [2.75, 3.05) is 0 Å². The van der Waals surface area contributed by atoms with E-state index in [2.05, 4.69) is 0 Å². The van der Waals surface area contributed by atoms with Gasteiger partial charge in [0.15, 0.2) is 0 Å². The molecule has 0 aromatic heterocycles. The van der Waals surface area contributed by atoms with Gasteiger partial charge >= 0.3 is 5.97 Å². The largest absolute Gasteiger partial charge is 0.507 e. The van der Waals surface area contributed by atoms with Gasteiger partial charge in [-0.1, -0.05) is 48.6 Å². The molecule has 86 valence electrons. The molecule has 3 nitrogen and oxygen atoms in total. The molecule has 17 heavy (non-hydrogen) atoms. The van der Waals surface area contributed by atoms with E-state index in [4.69, 9.17) is 5.11 Å². The van der Waals surface area contributed by atoms with Gasteiger partial charge in [0.05, 0.1) is 6.42 Å². The van der Waals surface area contributed by atoms with Gasteiger partial charge in [-0.25, -0.2) is 0 Å². The third-order valence-electron chi connectivity index (χ3n) is 2.52. The van der Waals surface area contributed by atoms with Crippen LogP contribution in [0.25, 0.3) is 16.8 Å². The smallest absolute Gasteiger partial charge is 0.307 e. The van der Waals surface area contributed by atoms with Gasteiger partial charge in [-0.15, -0.1) is 0 Å². The molecule has 3 heteroatoms. The van der Waals surface area contributed by atoms with E-state index in [-0.39, 0.29) is 12.2 Å². The summed E-state index contributed by atoms with van der Waals surface area (Å²) in [5.41, 5.74) is 0.630. The van der Waals surface area contributed by atoms with Crippen molar-refractivity contribution in [2.45, 2.75) is 6.42 Å². The number of carboxylic acids is 1. The first-order valence-electron chi connectivity index (χ1n) is 5.27. The first-order chi connectivity index (χ1) is 8.18. The molecule has 0 unspecified atom stereocenters. The predicted octanol–water partition coefficient (Wildman–Crippen LogP) is 3.03. The van der Waals surface area contributed by atoms with Crippen molar-refractivity contribution in [3.05, 3.63) is 48.0 Å². The Labute approximate surface area is 98.6 Å². The van der Waals surface area contributed by atoms with Crippen molar-refractivity contribution in [3.63, 3.8) is 0 Å². The van der Waals surface area contributed by atoms with Crippen molar-refractivity contribution < 1.29 is 15.0 Å². The topological polar surface area (TPSA) is 57.5 Å². The lowest BCUT2D eigenvalue weighted by atomic mass is 10.0. The fraction of sp³-hybridized carbons (Fsp3) is 0.0714. The van der Waals surface area contributed by atoms with E-state index >= 15 is 0 Å². The number of aromatic hydroxyl groups is 1. The zero-order chi connectivity index (χ0) is 12.3. The van der Waals surface area contributed by atoms with Crippen molar-refractivity contribution in [3.8, 4) is 5.75 Å². The second kappa shape index (κ2) is 4.70. The number of phenols is 1. The van der Waals surface area contributed by atoms with Crippen LogP contribution in [0.5, 0.6) is 5.75 Å². The molecular formula is C14H12O3. The van der Waals surface area contributed by atoms with Crippen molar-refractivity contribution in [1.82, 2.24) is 0 Å². The lowest BCUT2D eigenvalue weighted by Gasteiger charge is -2.04. The summed E-state index contributed by atoms with van der Waals surface area (Å²) >= 11 is 0. The summed E-state index contributed by atoms with van der Waals surface area (Å²) in [6.45, 7) is 0. The summed E-state index contributed by atoms with van der Waals surface area (Å²) < 4.78 is 0. The zero-order valence-corrected chi connectivity index (χ0v) is 9.13. The van der Waals surface area contributed by atoms with Crippen molar-refractivity contribution in [1.29, 1.82) is 0 Å². The number of benzene rings is 2. The Morgan fingerprint density at radius 1 is 1.18 bits per heavy atom. The highest BCUT2D eigenvalue weighted by atomic mass is 16.4. The van der Waals surface area contributed by atoms with Crippen LogP contribution in [0.1, 0.15) is 12.0 Å². The maximum Gasteiger partial charge on any atom is 0.307 e. The highest BCUT2D eigenvalue weighted by Crippen LogP contribution is 2.29. The van der Waals surface area contributed by atoms with Crippen LogP contribution in [0, 0.1) is 0 Å². The van der Waals surface area contributed by atoms with E-state index in [1.807, 2.05) is 30.3 Å². The highest BCUT2D eigenvalue weighted by molar-refractivity contribution is 5.91. The minimum Gasteiger partial charge on any atom is -0.507 e. The molecule has 0 amide bonds. The fourth-order valence-electron chi connectivity index (χ4n) is 1.69. The van der Waals surface area contributed by atoms with Gasteiger partial charge in [0.2, 0.25) is 0 Å². The monoisotopic (exact) mass is 228 g/mol. The Morgan fingerprint density at radius 3 is 2.71 bits per heavy atom. The van der Waals surface area contributed by atoms with E-state index in [1.54, 1.807) is 12.1 Å². The molecule has 0 aliphatic heterocycles. The SMILES string of the molecule is O=C(O)CC=Cc1ccc2ccccc2c1O. The molecule has 0 saturated heterocycles. The molecule has 2 aromatic carbocycles. The summed E-state index contributed by atoms with van der Waals surface area (Å²) in [6, 6.07) is 11.2. The average molecular weight is 228 g/mol. The van der Waals surface area contributed by atoms with E-state index in [0.717, 1.165) is 10.8 Å². The number of hydrogen-bond acceptors (Lipinski definition) is 2. The standard InChI is InChI=1S/C14H12O3/c15-13(16)7-3-5-11-9-8-10-4-1-2-6-12(10)14(11)17/h1-6,8-9,17H,7H2,(H,15,16). The zero-order valence-electron chi connectivity index (χ0n) is 9.13. The van der Waals surface area contributed by atoms with Crippen LogP contribution < -0.4 is 0 Å². The molecular weight excluding hydrogens is 216 g/mol. The molecule has 0 saturated carbocycles. The van der Waals surface area contributed by atoms with Gasteiger partial charge in [-0.2, -0.15) is 0 Å². The van der Waals surface area contributed by atoms with E-state index in [9.17, 15) is 9.90 Å². The summed E-state index contributed by atoms with van der Waals surface area (Å²) in [6.07, 6.45) is 3.09. The highest BCUT2D eigenvalue weighted by Gasteiger charge is 2.03. The van der Waals surface area contributed by atoms with E-state index in [0.29, 0.717) is 5.56 Å². The number of carboxylic acid groups (broad SMARTS) is 1. The van der Waals surface area contributed by atoms with E-state index < -0.39 is 5.97 Å². The Hall–Kier alpha value is -2.29. The maximum absolute atomic E-state index is 10.4. The van der Waals surface area contributed by atoms with Crippen molar-refractivity contribution in [2.24, 2.45) is 0 Å². The second-order valence-electron chi connectivity index (χ2n) is 3.72. The minimum absolute atomic E-state index is 0.0493. The van der Waals surface area contributed by atoms with Crippen LogP contribution in [-0.2, 0) is 4.79 Å².